The number of rotatable bonds is 3. The molecule has 14 heavy (non-hydrogen) atoms. The van der Waals surface area contributed by atoms with Crippen LogP contribution < -0.4 is 11.3 Å². The number of carbonyl (C=O) groups is 1. The molecule has 0 aromatic heterocycles. The second-order valence-corrected chi connectivity index (χ2v) is 4.25. The Morgan fingerprint density at radius 3 is 2.93 bits per heavy atom. The summed E-state index contributed by atoms with van der Waals surface area (Å²) in [5.74, 6) is 5.01. The molecular weight excluding hydrogens is 178 g/mol. The number of piperidine rings is 1. The van der Waals surface area contributed by atoms with Crippen molar-refractivity contribution in [3.8, 4) is 0 Å². The van der Waals surface area contributed by atoms with Crippen LogP contribution in [-0.2, 0) is 4.79 Å². The number of hydrazine groups is 1. The van der Waals surface area contributed by atoms with E-state index in [1.807, 2.05) is 6.92 Å². The maximum Gasteiger partial charge on any atom is 0.237 e. The lowest BCUT2D eigenvalue weighted by Gasteiger charge is -2.34. The predicted molar refractivity (Wildman–Crippen MR) is 56.4 cm³/mol. The summed E-state index contributed by atoms with van der Waals surface area (Å²) in [6.45, 7) is 6.09. The van der Waals surface area contributed by atoms with Gasteiger partial charge in [0.1, 0.15) is 0 Å². The summed E-state index contributed by atoms with van der Waals surface area (Å²) in [7, 11) is 0. The molecule has 4 nitrogen and oxygen atoms in total. The molecule has 4 heteroatoms. The van der Waals surface area contributed by atoms with E-state index in [1.165, 1.54) is 19.3 Å². The number of likely N-dealkylation sites (tertiary alicyclic amines) is 1. The number of nitrogens with two attached hydrogens (primary N) is 1. The van der Waals surface area contributed by atoms with Gasteiger partial charge in [-0.25, -0.2) is 5.84 Å². The minimum atomic E-state index is -0.0669. The molecule has 3 N–H and O–H groups in total. The summed E-state index contributed by atoms with van der Waals surface area (Å²) in [6.07, 6.45) is 3.81. The van der Waals surface area contributed by atoms with E-state index in [-0.39, 0.29) is 11.8 Å². The van der Waals surface area contributed by atoms with Gasteiger partial charge in [0.05, 0.1) is 0 Å². The third-order valence-corrected chi connectivity index (χ3v) is 3.04. The van der Waals surface area contributed by atoms with E-state index in [0.717, 1.165) is 13.1 Å². The Kier molecular flexibility index (Phi) is 4.35. The lowest BCUT2D eigenvalue weighted by Crippen LogP contribution is -2.45. The van der Waals surface area contributed by atoms with E-state index in [0.29, 0.717) is 6.04 Å². The molecule has 0 spiro atoms. The zero-order valence-corrected chi connectivity index (χ0v) is 9.12. The molecule has 2 atom stereocenters. The lowest BCUT2D eigenvalue weighted by atomic mass is 10.0. The van der Waals surface area contributed by atoms with Gasteiger partial charge in [0, 0.05) is 18.5 Å². The highest BCUT2D eigenvalue weighted by Gasteiger charge is 2.22. The minimum Gasteiger partial charge on any atom is -0.300 e. The molecule has 2 unspecified atom stereocenters. The Bertz CT molecular complexity index is 196. The first kappa shape index (κ1) is 11.5. The Hall–Kier alpha value is -0.610. The number of amides is 1. The van der Waals surface area contributed by atoms with Gasteiger partial charge in [-0.15, -0.1) is 0 Å². The first-order valence-electron chi connectivity index (χ1n) is 5.39. The quantitative estimate of drug-likeness (QED) is 0.395. The molecule has 1 saturated heterocycles. The first-order chi connectivity index (χ1) is 6.65. The predicted octanol–water partition coefficient (Wildman–Crippen LogP) is 0.487. The maximum atomic E-state index is 11.2. The zero-order chi connectivity index (χ0) is 10.6. The van der Waals surface area contributed by atoms with E-state index < -0.39 is 0 Å². The van der Waals surface area contributed by atoms with Gasteiger partial charge in [-0.05, 0) is 26.3 Å². The SMILES string of the molecule is CC(CN1CCCCC1C)C(=O)NN. The summed E-state index contributed by atoms with van der Waals surface area (Å²) in [5, 5.41) is 0. The van der Waals surface area contributed by atoms with Gasteiger partial charge in [0.25, 0.3) is 0 Å². The van der Waals surface area contributed by atoms with Crippen molar-refractivity contribution in [3.63, 3.8) is 0 Å². The van der Waals surface area contributed by atoms with E-state index in [9.17, 15) is 4.79 Å². The zero-order valence-electron chi connectivity index (χ0n) is 9.12. The van der Waals surface area contributed by atoms with Crippen molar-refractivity contribution < 1.29 is 4.79 Å². The van der Waals surface area contributed by atoms with Crippen molar-refractivity contribution in [1.82, 2.24) is 10.3 Å². The molecule has 0 radical (unpaired) electrons. The van der Waals surface area contributed by atoms with Crippen LogP contribution in [0.2, 0.25) is 0 Å². The van der Waals surface area contributed by atoms with Crippen LogP contribution in [0.15, 0.2) is 0 Å². The molecule has 0 saturated carbocycles. The van der Waals surface area contributed by atoms with Crippen molar-refractivity contribution in [2.24, 2.45) is 11.8 Å². The Balaban J connectivity index is 2.38. The van der Waals surface area contributed by atoms with Crippen molar-refractivity contribution in [2.75, 3.05) is 13.1 Å². The van der Waals surface area contributed by atoms with Crippen LogP contribution in [0.3, 0.4) is 0 Å². The molecule has 1 amide bonds. The van der Waals surface area contributed by atoms with E-state index >= 15 is 0 Å². The molecular formula is C10H21N3O. The molecule has 1 fully saturated rings. The van der Waals surface area contributed by atoms with Crippen molar-refractivity contribution in [2.45, 2.75) is 39.2 Å². The van der Waals surface area contributed by atoms with E-state index in [4.69, 9.17) is 5.84 Å². The van der Waals surface area contributed by atoms with E-state index in [1.54, 1.807) is 0 Å². The van der Waals surface area contributed by atoms with Crippen LogP contribution in [0.1, 0.15) is 33.1 Å². The van der Waals surface area contributed by atoms with Gasteiger partial charge in [0.15, 0.2) is 0 Å². The molecule has 0 aliphatic carbocycles. The van der Waals surface area contributed by atoms with Gasteiger partial charge in [-0.1, -0.05) is 13.3 Å². The summed E-state index contributed by atoms with van der Waals surface area (Å²) >= 11 is 0. The number of nitrogens with zero attached hydrogens (tertiary/aromatic N) is 1. The van der Waals surface area contributed by atoms with E-state index in [2.05, 4.69) is 17.2 Å². The fourth-order valence-electron chi connectivity index (χ4n) is 2.01. The molecule has 1 rings (SSSR count). The number of hydrogen-bond acceptors (Lipinski definition) is 3. The van der Waals surface area contributed by atoms with Crippen LogP contribution in [0, 0.1) is 5.92 Å². The van der Waals surface area contributed by atoms with Crippen LogP contribution in [0.5, 0.6) is 0 Å². The number of carbonyl (C=O) groups excluding carboxylic acids is 1. The van der Waals surface area contributed by atoms with Crippen LogP contribution >= 0.6 is 0 Å². The second kappa shape index (κ2) is 5.32. The van der Waals surface area contributed by atoms with Crippen molar-refractivity contribution in [3.05, 3.63) is 0 Å². The smallest absolute Gasteiger partial charge is 0.237 e. The highest BCUT2D eigenvalue weighted by Crippen LogP contribution is 2.17. The molecule has 1 heterocycles. The summed E-state index contributed by atoms with van der Waals surface area (Å²) in [5.41, 5.74) is 2.20. The Morgan fingerprint density at radius 2 is 2.36 bits per heavy atom. The number of nitrogens with one attached hydrogen (secondary N) is 1. The average Bonchev–Trinajstić information content (AvgIpc) is 2.20. The normalized spacial score (nSPS) is 25.8. The summed E-state index contributed by atoms with van der Waals surface area (Å²) < 4.78 is 0. The molecule has 1 aliphatic heterocycles. The van der Waals surface area contributed by atoms with Gasteiger partial charge in [-0.2, -0.15) is 0 Å². The van der Waals surface area contributed by atoms with Crippen LogP contribution in [-0.4, -0.2) is 29.9 Å². The van der Waals surface area contributed by atoms with Gasteiger partial charge < -0.3 is 0 Å². The fourth-order valence-corrected chi connectivity index (χ4v) is 2.01. The Morgan fingerprint density at radius 1 is 1.64 bits per heavy atom. The fraction of sp³-hybridized carbons (Fsp3) is 0.900. The molecule has 0 aromatic carbocycles. The molecule has 0 bridgehead atoms. The van der Waals surface area contributed by atoms with Gasteiger partial charge in [0.2, 0.25) is 5.91 Å². The van der Waals surface area contributed by atoms with Gasteiger partial charge >= 0.3 is 0 Å². The first-order valence-corrected chi connectivity index (χ1v) is 5.39. The summed E-state index contributed by atoms with van der Waals surface area (Å²) in [6, 6.07) is 0.608. The Labute approximate surface area is 85.8 Å². The summed E-state index contributed by atoms with van der Waals surface area (Å²) in [4.78, 5) is 13.6. The van der Waals surface area contributed by atoms with Gasteiger partial charge in [-0.3, -0.25) is 15.1 Å². The molecule has 0 aromatic rings. The average molecular weight is 199 g/mol. The third-order valence-electron chi connectivity index (χ3n) is 3.04. The monoisotopic (exact) mass is 199 g/mol. The molecule has 1 aliphatic rings. The minimum absolute atomic E-state index is 0.0134. The highest BCUT2D eigenvalue weighted by molar-refractivity contribution is 5.77. The highest BCUT2D eigenvalue weighted by atomic mass is 16.2. The largest absolute Gasteiger partial charge is 0.300 e. The third kappa shape index (κ3) is 2.96. The standard InChI is InChI=1S/C10H21N3O/c1-8(10(14)12-11)7-13-6-4-3-5-9(13)2/h8-9H,3-7,11H2,1-2H3,(H,12,14). The second-order valence-electron chi connectivity index (χ2n) is 4.25. The topological polar surface area (TPSA) is 58.4 Å². The van der Waals surface area contributed by atoms with Crippen molar-refractivity contribution in [1.29, 1.82) is 0 Å². The van der Waals surface area contributed by atoms with Crippen molar-refractivity contribution >= 4 is 5.91 Å². The van der Waals surface area contributed by atoms with Crippen LogP contribution in [0.4, 0.5) is 0 Å². The lowest BCUT2D eigenvalue weighted by molar-refractivity contribution is -0.125. The molecule has 82 valence electrons. The maximum absolute atomic E-state index is 11.2. The van der Waals surface area contributed by atoms with Crippen LogP contribution in [0.25, 0.3) is 0 Å². The number of hydrogen-bond donors (Lipinski definition) is 2.